The van der Waals surface area contributed by atoms with Gasteiger partial charge in [0.2, 0.25) is 10.9 Å². The zero-order valence-corrected chi connectivity index (χ0v) is 17.2. The lowest BCUT2D eigenvalue weighted by molar-refractivity contribution is 0.340. The van der Waals surface area contributed by atoms with Crippen LogP contribution in [-0.4, -0.2) is 44.7 Å². The van der Waals surface area contributed by atoms with E-state index in [1.54, 1.807) is 32.6 Å². The van der Waals surface area contributed by atoms with E-state index < -0.39 is 0 Å². The molecule has 0 bridgehead atoms. The molecule has 1 heterocycles. The minimum absolute atomic E-state index is 0.0559. The first-order valence-corrected chi connectivity index (χ1v) is 9.39. The zero-order valence-electron chi connectivity index (χ0n) is 16.4. The van der Waals surface area contributed by atoms with Gasteiger partial charge in [0, 0.05) is 16.5 Å². The van der Waals surface area contributed by atoms with Gasteiger partial charge in [-0.05, 0) is 30.3 Å². The van der Waals surface area contributed by atoms with E-state index in [9.17, 15) is 5.11 Å². The van der Waals surface area contributed by atoms with E-state index in [4.69, 9.17) is 18.9 Å². The maximum atomic E-state index is 9.96. The van der Waals surface area contributed by atoms with Crippen molar-refractivity contribution in [1.29, 1.82) is 0 Å². The molecule has 0 radical (unpaired) electrons. The topological polar surface area (TPSA) is 94.4 Å². The predicted molar refractivity (Wildman–Crippen MR) is 113 cm³/mol. The van der Waals surface area contributed by atoms with Gasteiger partial charge in [-0.2, -0.15) is 5.10 Å². The summed E-state index contributed by atoms with van der Waals surface area (Å²) in [6, 6.07) is 8.93. The fraction of sp³-hybridized carbons (Fsp3) is 0.200. The molecule has 2 aromatic carbocycles. The third kappa shape index (κ3) is 4.52. The number of phenolic OH excluding ortho intramolecular Hbond substituents is 1. The highest BCUT2D eigenvalue weighted by atomic mass is 32.1. The van der Waals surface area contributed by atoms with E-state index >= 15 is 0 Å². The van der Waals surface area contributed by atoms with Crippen molar-refractivity contribution in [3.63, 3.8) is 0 Å². The van der Waals surface area contributed by atoms with Crippen LogP contribution in [0.3, 0.4) is 0 Å². The normalized spacial score (nSPS) is 10.8. The van der Waals surface area contributed by atoms with Crippen LogP contribution in [0.15, 0.2) is 40.8 Å². The van der Waals surface area contributed by atoms with Crippen molar-refractivity contribution in [2.75, 3.05) is 33.9 Å². The molecule has 3 aromatic rings. The second-order valence-corrected chi connectivity index (χ2v) is 6.61. The number of rotatable bonds is 8. The molecular formula is C20H21N3O5S. The van der Waals surface area contributed by atoms with Crippen LogP contribution in [0.1, 0.15) is 5.56 Å². The van der Waals surface area contributed by atoms with Crippen molar-refractivity contribution >= 4 is 22.7 Å². The number of benzene rings is 2. The van der Waals surface area contributed by atoms with Gasteiger partial charge in [-0.3, -0.25) is 5.43 Å². The van der Waals surface area contributed by atoms with Crippen LogP contribution in [-0.2, 0) is 0 Å². The first kappa shape index (κ1) is 20.3. The Labute approximate surface area is 172 Å². The maximum Gasteiger partial charge on any atom is 0.203 e. The second-order valence-electron chi connectivity index (χ2n) is 5.75. The first-order chi connectivity index (χ1) is 14.1. The summed E-state index contributed by atoms with van der Waals surface area (Å²) in [6.07, 6.45) is 1.59. The van der Waals surface area contributed by atoms with Crippen LogP contribution in [0.2, 0.25) is 0 Å². The molecule has 0 saturated carbocycles. The smallest absolute Gasteiger partial charge is 0.203 e. The van der Waals surface area contributed by atoms with Gasteiger partial charge >= 0.3 is 0 Å². The molecule has 0 amide bonds. The Morgan fingerprint density at radius 3 is 2.21 bits per heavy atom. The van der Waals surface area contributed by atoms with E-state index in [0.29, 0.717) is 33.7 Å². The summed E-state index contributed by atoms with van der Waals surface area (Å²) in [5, 5.41) is 16.7. The molecule has 0 atom stereocenters. The highest BCUT2D eigenvalue weighted by Crippen LogP contribution is 2.37. The van der Waals surface area contributed by atoms with Crippen molar-refractivity contribution in [3.8, 4) is 40.0 Å². The molecule has 9 heteroatoms. The Balaban J connectivity index is 1.74. The SMILES string of the molecule is COc1ccc(-c2csc(N/N=C\c3cc(OC)c(O)c(OC)c3)n2)cc1OC. The second kappa shape index (κ2) is 9.16. The Morgan fingerprint density at radius 2 is 1.59 bits per heavy atom. The minimum atomic E-state index is -0.0559. The molecule has 0 unspecified atom stereocenters. The lowest BCUT2D eigenvalue weighted by Gasteiger charge is -2.09. The summed E-state index contributed by atoms with van der Waals surface area (Å²) in [4.78, 5) is 4.53. The van der Waals surface area contributed by atoms with Gasteiger partial charge in [0.25, 0.3) is 0 Å². The summed E-state index contributed by atoms with van der Waals surface area (Å²) in [5.74, 6) is 1.85. The molecule has 0 fully saturated rings. The molecule has 0 spiro atoms. The van der Waals surface area contributed by atoms with Crippen LogP contribution in [0.25, 0.3) is 11.3 Å². The lowest BCUT2D eigenvalue weighted by atomic mass is 10.1. The summed E-state index contributed by atoms with van der Waals surface area (Å²) >= 11 is 1.42. The Morgan fingerprint density at radius 1 is 0.931 bits per heavy atom. The van der Waals surface area contributed by atoms with E-state index in [0.717, 1.165) is 11.3 Å². The van der Waals surface area contributed by atoms with E-state index in [-0.39, 0.29) is 5.75 Å². The number of hydrazone groups is 1. The standard InChI is InChI=1S/C20H21N3O5S/c1-25-15-6-5-13(9-16(15)26-2)14-11-29-20(22-14)23-21-10-12-7-17(27-3)19(24)18(8-12)28-4/h5-11,24H,1-4H3,(H,22,23)/b21-10-. The number of phenols is 1. The highest BCUT2D eigenvalue weighted by molar-refractivity contribution is 7.14. The number of thiazole rings is 1. The maximum absolute atomic E-state index is 9.96. The number of aromatic nitrogens is 1. The highest BCUT2D eigenvalue weighted by Gasteiger charge is 2.11. The van der Waals surface area contributed by atoms with Gasteiger partial charge in [0.15, 0.2) is 23.0 Å². The molecule has 152 valence electrons. The summed E-state index contributed by atoms with van der Waals surface area (Å²) < 4.78 is 20.9. The Kier molecular flexibility index (Phi) is 6.40. The predicted octanol–water partition coefficient (Wildman–Crippen LogP) is 4.00. The number of aromatic hydroxyl groups is 1. The van der Waals surface area contributed by atoms with Crippen molar-refractivity contribution in [2.45, 2.75) is 0 Å². The van der Waals surface area contributed by atoms with E-state index in [2.05, 4.69) is 15.5 Å². The van der Waals surface area contributed by atoms with Crippen LogP contribution in [0.4, 0.5) is 5.13 Å². The van der Waals surface area contributed by atoms with Crippen molar-refractivity contribution in [1.82, 2.24) is 4.98 Å². The number of methoxy groups -OCH3 is 4. The van der Waals surface area contributed by atoms with Gasteiger partial charge in [-0.25, -0.2) is 4.98 Å². The molecule has 8 nitrogen and oxygen atoms in total. The molecule has 1 aromatic heterocycles. The summed E-state index contributed by atoms with van der Waals surface area (Å²) in [5.41, 5.74) is 5.30. The first-order valence-electron chi connectivity index (χ1n) is 8.51. The zero-order chi connectivity index (χ0) is 20.8. The molecule has 0 aliphatic rings. The average molecular weight is 415 g/mol. The quantitative estimate of drug-likeness (QED) is 0.424. The average Bonchev–Trinajstić information content (AvgIpc) is 3.23. The van der Waals surface area contributed by atoms with Crippen LogP contribution in [0.5, 0.6) is 28.7 Å². The largest absolute Gasteiger partial charge is 0.502 e. The number of anilines is 1. The van der Waals surface area contributed by atoms with Gasteiger partial charge in [0.05, 0.1) is 40.3 Å². The van der Waals surface area contributed by atoms with Crippen LogP contribution >= 0.6 is 11.3 Å². The van der Waals surface area contributed by atoms with Gasteiger partial charge in [0.1, 0.15) is 0 Å². The fourth-order valence-electron chi connectivity index (χ4n) is 2.60. The number of nitrogens with one attached hydrogen (secondary N) is 1. The molecule has 0 aliphatic heterocycles. The van der Waals surface area contributed by atoms with Gasteiger partial charge < -0.3 is 24.1 Å². The number of ether oxygens (including phenoxy) is 4. The number of nitrogens with zero attached hydrogens (tertiary/aromatic N) is 2. The number of hydrogen-bond donors (Lipinski definition) is 2. The Hall–Kier alpha value is -3.46. The molecular weight excluding hydrogens is 394 g/mol. The van der Waals surface area contributed by atoms with Gasteiger partial charge in [-0.1, -0.05) is 0 Å². The van der Waals surface area contributed by atoms with Crippen molar-refractivity contribution < 1.29 is 24.1 Å². The van der Waals surface area contributed by atoms with Crippen LogP contribution in [0, 0.1) is 0 Å². The third-order valence-electron chi connectivity index (χ3n) is 4.06. The molecule has 2 N–H and O–H groups in total. The number of hydrogen-bond acceptors (Lipinski definition) is 9. The Bertz CT molecular complexity index is 994. The monoisotopic (exact) mass is 415 g/mol. The molecule has 0 aliphatic carbocycles. The summed E-state index contributed by atoms with van der Waals surface area (Å²) in [6.45, 7) is 0. The fourth-order valence-corrected chi connectivity index (χ4v) is 3.27. The lowest BCUT2D eigenvalue weighted by Crippen LogP contribution is -1.94. The van der Waals surface area contributed by atoms with Gasteiger partial charge in [-0.15, -0.1) is 11.3 Å². The van der Waals surface area contributed by atoms with E-state index in [1.165, 1.54) is 25.6 Å². The molecule has 29 heavy (non-hydrogen) atoms. The summed E-state index contributed by atoms with van der Waals surface area (Å²) in [7, 11) is 6.13. The molecule has 0 saturated heterocycles. The molecule has 3 rings (SSSR count). The van der Waals surface area contributed by atoms with E-state index in [1.807, 2.05) is 23.6 Å². The van der Waals surface area contributed by atoms with Crippen molar-refractivity contribution in [2.24, 2.45) is 5.10 Å². The van der Waals surface area contributed by atoms with Crippen molar-refractivity contribution in [3.05, 3.63) is 41.3 Å². The third-order valence-corrected chi connectivity index (χ3v) is 4.81. The minimum Gasteiger partial charge on any atom is -0.502 e. The van der Waals surface area contributed by atoms with Crippen LogP contribution < -0.4 is 24.4 Å².